The van der Waals surface area contributed by atoms with Crippen LogP contribution in [0.5, 0.6) is 0 Å². The minimum absolute atomic E-state index is 0.109. The summed E-state index contributed by atoms with van der Waals surface area (Å²) in [7, 11) is 0. The van der Waals surface area contributed by atoms with Gasteiger partial charge < -0.3 is 15.0 Å². The van der Waals surface area contributed by atoms with Crippen LogP contribution >= 0.6 is 0 Å². The van der Waals surface area contributed by atoms with Crippen LogP contribution in [0.3, 0.4) is 0 Å². The van der Waals surface area contributed by atoms with Crippen molar-refractivity contribution in [3.05, 3.63) is 29.8 Å². The molecule has 0 heterocycles. The van der Waals surface area contributed by atoms with E-state index in [2.05, 4.69) is 36.3 Å². The van der Waals surface area contributed by atoms with E-state index < -0.39 is 6.09 Å². The zero-order valence-corrected chi connectivity index (χ0v) is 16.3. The minimum Gasteiger partial charge on any atom is -0.449 e. The molecular formula is C20H33N3O3. The second kappa shape index (κ2) is 13.2. The van der Waals surface area contributed by atoms with Gasteiger partial charge in [-0.1, -0.05) is 40.0 Å². The van der Waals surface area contributed by atoms with E-state index in [0.29, 0.717) is 24.4 Å². The molecule has 146 valence electrons. The van der Waals surface area contributed by atoms with Crippen LogP contribution in [0.1, 0.15) is 56.8 Å². The van der Waals surface area contributed by atoms with E-state index in [4.69, 9.17) is 4.74 Å². The molecular weight excluding hydrogens is 330 g/mol. The molecule has 1 aromatic carbocycles. The van der Waals surface area contributed by atoms with Crippen LogP contribution in [-0.4, -0.2) is 49.7 Å². The Labute approximate surface area is 157 Å². The first-order valence-corrected chi connectivity index (χ1v) is 9.65. The molecule has 26 heavy (non-hydrogen) atoms. The van der Waals surface area contributed by atoms with E-state index in [1.165, 1.54) is 0 Å². The van der Waals surface area contributed by atoms with Gasteiger partial charge in [-0.2, -0.15) is 0 Å². The van der Waals surface area contributed by atoms with Gasteiger partial charge in [0.25, 0.3) is 5.91 Å². The van der Waals surface area contributed by atoms with Crippen LogP contribution in [0.4, 0.5) is 10.5 Å². The van der Waals surface area contributed by atoms with E-state index in [0.717, 1.165) is 45.3 Å². The minimum atomic E-state index is -0.460. The summed E-state index contributed by atoms with van der Waals surface area (Å²) < 4.78 is 5.13. The van der Waals surface area contributed by atoms with E-state index in [1.807, 2.05) is 0 Å². The first-order chi connectivity index (χ1) is 12.6. The molecule has 0 radical (unpaired) electrons. The van der Waals surface area contributed by atoms with E-state index in [-0.39, 0.29) is 5.91 Å². The summed E-state index contributed by atoms with van der Waals surface area (Å²) in [6.07, 6.45) is 3.80. The Bertz CT molecular complexity index is 528. The first kappa shape index (κ1) is 22.0. The molecule has 0 unspecified atom stereocenters. The number of anilines is 1. The summed E-state index contributed by atoms with van der Waals surface area (Å²) in [5, 5.41) is 5.58. The van der Waals surface area contributed by atoms with Crippen LogP contribution in [0.2, 0.25) is 0 Å². The van der Waals surface area contributed by atoms with Crippen LogP contribution < -0.4 is 10.6 Å². The number of hydrogen-bond donors (Lipinski definition) is 2. The number of unbranched alkanes of at least 4 members (excludes halogenated alkanes) is 3. The van der Waals surface area contributed by atoms with Gasteiger partial charge in [0, 0.05) is 24.3 Å². The summed E-state index contributed by atoms with van der Waals surface area (Å²) in [5.41, 5.74) is 1.19. The number of nitrogens with one attached hydrogen (secondary N) is 2. The molecule has 0 saturated carbocycles. The highest BCUT2D eigenvalue weighted by atomic mass is 16.5. The fourth-order valence-electron chi connectivity index (χ4n) is 2.52. The van der Waals surface area contributed by atoms with Crippen LogP contribution in [-0.2, 0) is 4.74 Å². The number of nitrogens with zero attached hydrogens (tertiary/aromatic N) is 1. The molecule has 1 aromatic rings. The van der Waals surface area contributed by atoms with E-state index in [9.17, 15) is 9.59 Å². The average molecular weight is 364 g/mol. The van der Waals surface area contributed by atoms with Crippen molar-refractivity contribution in [2.24, 2.45) is 0 Å². The summed E-state index contributed by atoms with van der Waals surface area (Å²) in [6, 6.07) is 6.81. The lowest BCUT2D eigenvalue weighted by atomic mass is 10.2. The van der Waals surface area contributed by atoms with Crippen molar-refractivity contribution in [3.63, 3.8) is 0 Å². The number of amides is 2. The molecule has 2 N–H and O–H groups in total. The van der Waals surface area contributed by atoms with Gasteiger partial charge >= 0.3 is 6.09 Å². The molecule has 0 saturated heterocycles. The number of carbonyl (C=O) groups is 2. The SMILES string of the molecule is CCCCCCOC(=O)Nc1ccc(C(=O)NCCN(CC)CC)cc1. The smallest absolute Gasteiger partial charge is 0.411 e. The standard InChI is InChI=1S/C20H33N3O3/c1-4-7-8-9-16-26-20(25)22-18-12-10-17(11-13-18)19(24)21-14-15-23(5-2)6-3/h10-13H,4-9,14-16H2,1-3H3,(H,21,24)(H,22,25). The zero-order valence-electron chi connectivity index (χ0n) is 16.3. The Hall–Kier alpha value is -2.08. The Balaban J connectivity index is 2.33. The van der Waals surface area contributed by atoms with Crippen LogP contribution in [0, 0.1) is 0 Å². The largest absolute Gasteiger partial charge is 0.449 e. The van der Waals surface area contributed by atoms with Gasteiger partial charge in [-0.15, -0.1) is 0 Å². The van der Waals surface area contributed by atoms with Gasteiger partial charge in [-0.05, 0) is 43.8 Å². The van der Waals surface area contributed by atoms with Gasteiger partial charge in [-0.3, -0.25) is 10.1 Å². The van der Waals surface area contributed by atoms with Crippen molar-refractivity contribution in [2.45, 2.75) is 46.5 Å². The first-order valence-electron chi connectivity index (χ1n) is 9.65. The van der Waals surface area contributed by atoms with Crippen LogP contribution in [0.15, 0.2) is 24.3 Å². The second-order valence-corrected chi connectivity index (χ2v) is 6.18. The third kappa shape index (κ3) is 8.85. The highest BCUT2D eigenvalue weighted by Crippen LogP contribution is 2.10. The molecule has 0 fully saturated rings. The lowest BCUT2D eigenvalue weighted by Gasteiger charge is -2.17. The lowest BCUT2D eigenvalue weighted by Crippen LogP contribution is -2.34. The van der Waals surface area contributed by atoms with Gasteiger partial charge in [-0.25, -0.2) is 4.79 Å². The number of ether oxygens (including phenoxy) is 1. The highest BCUT2D eigenvalue weighted by molar-refractivity contribution is 5.95. The topological polar surface area (TPSA) is 70.7 Å². The maximum absolute atomic E-state index is 12.1. The number of carbonyl (C=O) groups excluding carboxylic acids is 2. The van der Waals surface area contributed by atoms with Crippen molar-refractivity contribution in [1.82, 2.24) is 10.2 Å². The van der Waals surface area contributed by atoms with Crippen molar-refractivity contribution in [3.8, 4) is 0 Å². The predicted molar refractivity (Wildman–Crippen MR) is 106 cm³/mol. The molecule has 2 amide bonds. The van der Waals surface area contributed by atoms with Crippen molar-refractivity contribution in [2.75, 3.05) is 38.1 Å². The predicted octanol–water partition coefficient (Wildman–Crippen LogP) is 3.89. The lowest BCUT2D eigenvalue weighted by molar-refractivity contribution is 0.0949. The average Bonchev–Trinajstić information content (AvgIpc) is 2.65. The Morgan fingerprint density at radius 2 is 1.69 bits per heavy atom. The highest BCUT2D eigenvalue weighted by Gasteiger charge is 2.07. The molecule has 0 bridgehead atoms. The van der Waals surface area contributed by atoms with Gasteiger partial charge in [0.15, 0.2) is 0 Å². The molecule has 0 atom stereocenters. The Morgan fingerprint density at radius 3 is 2.31 bits per heavy atom. The molecule has 0 spiro atoms. The van der Waals surface area contributed by atoms with Crippen LogP contribution in [0.25, 0.3) is 0 Å². The summed E-state index contributed by atoms with van der Waals surface area (Å²) in [6.45, 7) is 10.2. The monoisotopic (exact) mass is 363 g/mol. The molecule has 1 rings (SSSR count). The Kier molecular flexibility index (Phi) is 11.1. The molecule has 6 nitrogen and oxygen atoms in total. The van der Waals surface area contributed by atoms with Crippen molar-refractivity contribution < 1.29 is 14.3 Å². The maximum atomic E-state index is 12.1. The summed E-state index contributed by atoms with van der Waals surface area (Å²) in [5.74, 6) is -0.109. The third-order valence-corrected chi connectivity index (χ3v) is 4.23. The van der Waals surface area contributed by atoms with E-state index >= 15 is 0 Å². The van der Waals surface area contributed by atoms with Gasteiger partial charge in [0.05, 0.1) is 6.61 Å². The van der Waals surface area contributed by atoms with Crippen molar-refractivity contribution in [1.29, 1.82) is 0 Å². The molecule has 0 aliphatic carbocycles. The fraction of sp³-hybridized carbons (Fsp3) is 0.600. The van der Waals surface area contributed by atoms with Crippen molar-refractivity contribution >= 4 is 17.7 Å². The normalized spacial score (nSPS) is 10.6. The Morgan fingerprint density at radius 1 is 1.00 bits per heavy atom. The fourth-order valence-corrected chi connectivity index (χ4v) is 2.52. The number of benzene rings is 1. The molecule has 0 aliphatic heterocycles. The number of likely N-dealkylation sites (N-methyl/N-ethyl adjacent to an activating group) is 1. The van der Waals surface area contributed by atoms with E-state index in [1.54, 1.807) is 24.3 Å². The number of hydrogen-bond acceptors (Lipinski definition) is 4. The molecule has 6 heteroatoms. The summed E-state index contributed by atoms with van der Waals surface area (Å²) in [4.78, 5) is 26.1. The summed E-state index contributed by atoms with van der Waals surface area (Å²) >= 11 is 0. The maximum Gasteiger partial charge on any atom is 0.411 e. The molecule has 0 aliphatic rings. The quantitative estimate of drug-likeness (QED) is 0.553. The number of rotatable bonds is 12. The second-order valence-electron chi connectivity index (χ2n) is 6.18. The third-order valence-electron chi connectivity index (χ3n) is 4.23. The van der Waals surface area contributed by atoms with Gasteiger partial charge in [0.2, 0.25) is 0 Å². The van der Waals surface area contributed by atoms with Gasteiger partial charge in [0.1, 0.15) is 0 Å². The zero-order chi connectivity index (χ0) is 19.2. The molecule has 0 aromatic heterocycles.